The molecular formula is C23H23N5O4. The number of hydrogen-bond acceptors (Lipinski definition) is 6. The Hall–Kier alpha value is -4.01. The van der Waals surface area contributed by atoms with Crippen molar-refractivity contribution in [3.05, 3.63) is 72.3 Å². The summed E-state index contributed by atoms with van der Waals surface area (Å²) in [5, 5.41) is 6.96. The number of nitrogens with zero attached hydrogens (tertiary/aromatic N) is 4. The van der Waals surface area contributed by atoms with Gasteiger partial charge in [-0.2, -0.15) is 5.10 Å². The zero-order chi connectivity index (χ0) is 22.5. The molecule has 0 saturated carbocycles. The number of aromatic nitrogens is 3. The van der Waals surface area contributed by atoms with Crippen LogP contribution in [0.15, 0.2) is 61.2 Å². The quantitative estimate of drug-likeness (QED) is 0.574. The summed E-state index contributed by atoms with van der Waals surface area (Å²) in [6.45, 7) is 2.92. The fourth-order valence-electron chi connectivity index (χ4n) is 3.56. The Kier molecular flexibility index (Phi) is 6.25. The molecule has 32 heavy (non-hydrogen) atoms. The molecule has 2 amide bonds. The van der Waals surface area contributed by atoms with Gasteiger partial charge in [-0.15, -0.1) is 0 Å². The van der Waals surface area contributed by atoms with Gasteiger partial charge in [-0.1, -0.05) is 12.1 Å². The molecule has 0 radical (unpaired) electrons. The summed E-state index contributed by atoms with van der Waals surface area (Å²) >= 11 is 0. The maximum absolute atomic E-state index is 12.7. The van der Waals surface area contributed by atoms with Gasteiger partial charge in [0.2, 0.25) is 11.8 Å². The molecule has 0 bridgehead atoms. The van der Waals surface area contributed by atoms with Crippen LogP contribution in [0.25, 0.3) is 0 Å². The first-order valence-electron chi connectivity index (χ1n) is 10.3. The molecule has 0 spiro atoms. The van der Waals surface area contributed by atoms with E-state index in [4.69, 9.17) is 4.74 Å². The molecule has 2 heterocycles. The second kappa shape index (κ2) is 9.42. The van der Waals surface area contributed by atoms with E-state index in [0.717, 1.165) is 5.56 Å². The van der Waals surface area contributed by atoms with Crippen LogP contribution in [0.3, 0.4) is 0 Å². The number of carbonyl (C=O) groups is 3. The van der Waals surface area contributed by atoms with Crippen LogP contribution in [-0.4, -0.2) is 45.7 Å². The van der Waals surface area contributed by atoms with Crippen molar-refractivity contribution in [1.29, 1.82) is 0 Å². The van der Waals surface area contributed by atoms with Gasteiger partial charge in [-0.25, -0.2) is 14.5 Å². The topological polar surface area (TPSA) is 106 Å². The summed E-state index contributed by atoms with van der Waals surface area (Å²) in [5.41, 5.74) is 2.77. The average molecular weight is 433 g/mol. The van der Waals surface area contributed by atoms with Crippen molar-refractivity contribution in [2.24, 2.45) is 5.92 Å². The number of rotatable bonds is 7. The van der Waals surface area contributed by atoms with E-state index in [2.05, 4.69) is 15.4 Å². The van der Waals surface area contributed by atoms with Gasteiger partial charge in [0.05, 0.1) is 24.6 Å². The van der Waals surface area contributed by atoms with Crippen LogP contribution in [-0.2, 0) is 20.9 Å². The fourth-order valence-corrected chi connectivity index (χ4v) is 3.56. The van der Waals surface area contributed by atoms with Crippen LogP contribution in [0.5, 0.6) is 0 Å². The SMILES string of the molecule is CCOC(=O)c1ccc(N2C[C@H](C(=O)Nc3ccc(Cn4cncn4)cc3)CC2=O)cc1. The van der Waals surface area contributed by atoms with Crippen LogP contribution in [0.2, 0.25) is 0 Å². The van der Waals surface area contributed by atoms with Crippen LogP contribution in [0.4, 0.5) is 11.4 Å². The van der Waals surface area contributed by atoms with E-state index in [1.807, 2.05) is 24.3 Å². The van der Waals surface area contributed by atoms with Gasteiger partial charge in [0.15, 0.2) is 0 Å². The van der Waals surface area contributed by atoms with Crippen molar-refractivity contribution in [1.82, 2.24) is 14.8 Å². The van der Waals surface area contributed by atoms with E-state index in [9.17, 15) is 14.4 Å². The maximum atomic E-state index is 12.7. The number of anilines is 2. The molecule has 164 valence electrons. The van der Waals surface area contributed by atoms with Crippen LogP contribution in [0.1, 0.15) is 29.3 Å². The highest BCUT2D eigenvalue weighted by Gasteiger charge is 2.35. The van der Waals surface area contributed by atoms with Crippen LogP contribution < -0.4 is 10.2 Å². The number of nitrogens with one attached hydrogen (secondary N) is 1. The summed E-state index contributed by atoms with van der Waals surface area (Å²) in [4.78, 5) is 42.5. The van der Waals surface area contributed by atoms with E-state index in [0.29, 0.717) is 30.1 Å². The van der Waals surface area contributed by atoms with Crippen LogP contribution >= 0.6 is 0 Å². The molecule has 3 aromatic rings. The Balaban J connectivity index is 1.35. The van der Waals surface area contributed by atoms with Gasteiger partial charge in [-0.3, -0.25) is 9.59 Å². The minimum Gasteiger partial charge on any atom is -0.462 e. The third kappa shape index (κ3) is 4.83. The van der Waals surface area contributed by atoms with Gasteiger partial charge in [-0.05, 0) is 48.9 Å². The van der Waals surface area contributed by atoms with E-state index >= 15 is 0 Å². The molecule has 1 aliphatic heterocycles. The summed E-state index contributed by atoms with van der Waals surface area (Å²) in [7, 11) is 0. The molecule has 9 nitrogen and oxygen atoms in total. The number of carbonyl (C=O) groups excluding carboxylic acids is 3. The van der Waals surface area contributed by atoms with Gasteiger partial charge in [0.1, 0.15) is 12.7 Å². The smallest absolute Gasteiger partial charge is 0.338 e. The molecule has 1 atom stereocenters. The molecule has 1 aromatic heterocycles. The zero-order valence-electron chi connectivity index (χ0n) is 17.6. The van der Waals surface area contributed by atoms with Gasteiger partial charge in [0, 0.05) is 24.3 Å². The van der Waals surface area contributed by atoms with E-state index in [1.165, 1.54) is 6.33 Å². The normalized spacial score (nSPS) is 15.6. The number of hydrogen-bond donors (Lipinski definition) is 1. The lowest BCUT2D eigenvalue weighted by Crippen LogP contribution is -2.28. The Morgan fingerprint density at radius 1 is 1.12 bits per heavy atom. The number of benzene rings is 2. The van der Waals surface area contributed by atoms with Gasteiger partial charge in [0.25, 0.3) is 0 Å². The largest absolute Gasteiger partial charge is 0.462 e. The number of esters is 1. The Morgan fingerprint density at radius 2 is 1.88 bits per heavy atom. The van der Waals surface area contributed by atoms with Crippen molar-refractivity contribution in [3.8, 4) is 0 Å². The minimum absolute atomic E-state index is 0.128. The van der Waals surface area contributed by atoms with Crippen LogP contribution in [0, 0.1) is 5.92 Å². The van der Waals surface area contributed by atoms with E-state index in [-0.39, 0.29) is 24.8 Å². The predicted molar refractivity (Wildman–Crippen MR) is 117 cm³/mol. The summed E-state index contributed by atoms with van der Waals surface area (Å²) in [6.07, 6.45) is 3.26. The van der Waals surface area contributed by atoms with Crippen molar-refractivity contribution < 1.29 is 19.1 Å². The Bertz CT molecular complexity index is 1090. The number of amides is 2. The monoisotopic (exact) mass is 433 g/mol. The Morgan fingerprint density at radius 3 is 2.53 bits per heavy atom. The molecule has 1 saturated heterocycles. The second-order valence-electron chi connectivity index (χ2n) is 7.45. The highest BCUT2D eigenvalue weighted by molar-refractivity contribution is 6.03. The molecule has 0 aliphatic carbocycles. The van der Waals surface area contributed by atoms with Gasteiger partial charge >= 0.3 is 5.97 Å². The first-order chi connectivity index (χ1) is 15.5. The molecular weight excluding hydrogens is 410 g/mol. The fraction of sp³-hybridized carbons (Fsp3) is 0.261. The first-order valence-corrected chi connectivity index (χ1v) is 10.3. The standard InChI is InChI=1S/C23H23N5O4/c1-2-32-23(31)17-5-9-20(10-6-17)28-13-18(11-21(28)29)22(30)26-19-7-3-16(4-8-19)12-27-15-24-14-25-27/h3-10,14-15,18H,2,11-13H2,1H3,(H,26,30)/t18-/m1/s1. The second-order valence-corrected chi connectivity index (χ2v) is 7.45. The molecule has 1 fully saturated rings. The third-order valence-electron chi connectivity index (χ3n) is 5.22. The van der Waals surface area contributed by atoms with Gasteiger partial charge < -0.3 is 15.0 Å². The molecule has 4 rings (SSSR count). The lowest BCUT2D eigenvalue weighted by atomic mass is 10.1. The molecule has 1 aliphatic rings. The number of ether oxygens (including phenoxy) is 1. The molecule has 1 N–H and O–H groups in total. The minimum atomic E-state index is -0.456. The first kappa shape index (κ1) is 21.2. The molecule has 2 aromatic carbocycles. The summed E-state index contributed by atoms with van der Waals surface area (Å²) < 4.78 is 6.69. The lowest BCUT2D eigenvalue weighted by Gasteiger charge is -2.17. The average Bonchev–Trinajstić information content (AvgIpc) is 3.45. The highest BCUT2D eigenvalue weighted by Crippen LogP contribution is 2.26. The van der Waals surface area contributed by atoms with E-state index in [1.54, 1.807) is 47.1 Å². The van der Waals surface area contributed by atoms with Crippen molar-refractivity contribution in [2.75, 3.05) is 23.4 Å². The third-order valence-corrected chi connectivity index (χ3v) is 5.22. The molecule has 0 unspecified atom stereocenters. The Labute approximate surface area is 185 Å². The van der Waals surface area contributed by atoms with Crippen molar-refractivity contribution in [2.45, 2.75) is 19.9 Å². The lowest BCUT2D eigenvalue weighted by molar-refractivity contribution is -0.122. The molecule has 9 heteroatoms. The van der Waals surface area contributed by atoms with E-state index < -0.39 is 11.9 Å². The maximum Gasteiger partial charge on any atom is 0.338 e. The predicted octanol–water partition coefficient (Wildman–Crippen LogP) is 2.49. The van der Waals surface area contributed by atoms with Crippen molar-refractivity contribution in [3.63, 3.8) is 0 Å². The zero-order valence-corrected chi connectivity index (χ0v) is 17.6. The summed E-state index contributed by atoms with van der Waals surface area (Å²) in [5.74, 6) is -1.19. The summed E-state index contributed by atoms with van der Waals surface area (Å²) in [6, 6.07) is 14.1. The van der Waals surface area contributed by atoms with Crippen molar-refractivity contribution >= 4 is 29.2 Å². The highest BCUT2D eigenvalue weighted by atomic mass is 16.5.